The van der Waals surface area contributed by atoms with Crippen molar-refractivity contribution in [1.29, 1.82) is 0 Å². The maximum absolute atomic E-state index is 13.8. The molecule has 1 N–H and O–H groups in total. The molecule has 9 heteroatoms. The first-order chi connectivity index (χ1) is 15.7. The van der Waals surface area contributed by atoms with E-state index in [4.69, 9.17) is 5.11 Å². The molecule has 0 radical (unpaired) electrons. The Morgan fingerprint density at radius 1 is 1.06 bits per heavy atom. The number of rotatable bonds is 7. The van der Waals surface area contributed by atoms with Crippen LogP contribution in [0.2, 0.25) is 0 Å². The van der Waals surface area contributed by atoms with E-state index in [1.165, 1.54) is 52.0 Å². The fraction of sp³-hybridized carbons (Fsp3) is 0.125. The van der Waals surface area contributed by atoms with Crippen LogP contribution in [0, 0.1) is 12.7 Å². The van der Waals surface area contributed by atoms with Gasteiger partial charge in [-0.15, -0.1) is 11.3 Å². The van der Waals surface area contributed by atoms with Crippen LogP contribution in [0.15, 0.2) is 71.6 Å². The highest BCUT2D eigenvalue weighted by atomic mass is 32.2. The summed E-state index contributed by atoms with van der Waals surface area (Å²) in [5.74, 6) is -1.86. The van der Waals surface area contributed by atoms with Gasteiger partial charge >= 0.3 is 5.97 Å². The molecule has 0 amide bonds. The molecule has 1 aromatic heterocycles. The number of aryl methyl sites for hydroxylation is 1. The van der Waals surface area contributed by atoms with Crippen LogP contribution in [-0.2, 0) is 23.2 Å². The van der Waals surface area contributed by atoms with Crippen molar-refractivity contribution in [2.24, 2.45) is 0 Å². The van der Waals surface area contributed by atoms with Crippen molar-refractivity contribution >= 4 is 42.4 Å². The zero-order valence-corrected chi connectivity index (χ0v) is 19.1. The molecule has 5 nitrogen and oxygen atoms in total. The summed E-state index contributed by atoms with van der Waals surface area (Å²) in [6.45, 7) is 0.664. The van der Waals surface area contributed by atoms with Gasteiger partial charge in [0.15, 0.2) is 0 Å². The molecule has 33 heavy (non-hydrogen) atoms. The number of nitrogens with zero attached hydrogens (tertiary/aromatic N) is 1. The van der Waals surface area contributed by atoms with Gasteiger partial charge in [0.1, 0.15) is 17.5 Å². The van der Waals surface area contributed by atoms with Gasteiger partial charge in [-0.2, -0.15) is 0 Å². The highest BCUT2D eigenvalue weighted by Crippen LogP contribution is 2.40. The second-order valence-corrected chi connectivity index (χ2v) is 10.3. The Kier molecular flexibility index (Phi) is 6.18. The molecule has 170 valence electrons. The van der Waals surface area contributed by atoms with E-state index in [2.05, 4.69) is 0 Å². The number of carboxylic acids is 1. The fourth-order valence-electron chi connectivity index (χ4n) is 3.56. The van der Waals surface area contributed by atoms with Gasteiger partial charge < -0.3 is 5.11 Å². The van der Waals surface area contributed by atoms with Gasteiger partial charge in [0.25, 0.3) is 10.0 Å². The lowest BCUT2D eigenvalue weighted by molar-refractivity contribution is 0.0696. The number of hydrogen-bond donors (Lipinski definition) is 1. The predicted octanol–water partition coefficient (Wildman–Crippen LogP) is 5.91. The molecule has 0 bridgehead atoms. The lowest BCUT2D eigenvalue weighted by Gasteiger charge is -2.24. The molecule has 4 rings (SSSR count). The van der Waals surface area contributed by atoms with Crippen molar-refractivity contribution in [2.75, 3.05) is 4.31 Å². The van der Waals surface area contributed by atoms with Crippen LogP contribution in [0.25, 0.3) is 10.1 Å². The second-order valence-electron chi connectivity index (χ2n) is 7.43. The number of carboxylic acid groups (broad SMARTS) is 1. The van der Waals surface area contributed by atoms with E-state index in [1.54, 1.807) is 0 Å². The van der Waals surface area contributed by atoms with Crippen molar-refractivity contribution in [2.45, 2.75) is 25.0 Å². The number of hydrogen-bond acceptors (Lipinski definition) is 4. The van der Waals surface area contributed by atoms with E-state index in [9.17, 15) is 22.0 Å². The lowest BCUT2D eigenvalue weighted by atomic mass is 10.1. The minimum Gasteiger partial charge on any atom is -0.478 e. The van der Waals surface area contributed by atoms with E-state index in [0.29, 0.717) is 10.6 Å². The highest BCUT2D eigenvalue weighted by Gasteiger charge is 2.29. The van der Waals surface area contributed by atoms with E-state index in [-0.39, 0.29) is 22.6 Å². The Bertz CT molecular complexity index is 1450. The number of carbonyl (C=O) groups is 1. The van der Waals surface area contributed by atoms with Crippen LogP contribution in [-0.4, -0.2) is 19.5 Å². The summed E-state index contributed by atoms with van der Waals surface area (Å²) in [6.07, 6.45) is 0. The van der Waals surface area contributed by atoms with Crippen molar-refractivity contribution in [1.82, 2.24) is 0 Å². The molecule has 0 spiro atoms. The number of anilines is 1. The summed E-state index contributed by atoms with van der Waals surface area (Å²) < 4.78 is 56.5. The summed E-state index contributed by atoms with van der Waals surface area (Å²) >= 11 is 1.30. The summed E-state index contributed by atoms with van der Waals surface area (Å²) in [7, 11) is -4.13. The van der Waals surface area contributed by atoms with Crippen LogP contribution in [0.5, 0.6) is 0 Å². The predicted molar refractivity (Wildman–Crippen MR) is 125 cm³/mol. The quantitative estimate of drug-likeness (QED) is 0.352. The van der Waals surface area contributed by atoms with Crippen LogP contribution in [0.4, 0.5) is 13.8 Å². The van der Waals surface area contributed by atoms with Crippen LogP contribution in [0.1, 0.15) is 27.0 Å². The standard InChI is InChI=1S/C24H19F2NO4S2/c1-15-20-4-2-3-5-22(20)32-23(15)27(14-16-6-11-21(26)18(12-16)13-25)33(30,31)19-9-7-17(8-10-19)24(28)29/h2-12H,13-14H2,1H3,(H,28,29). The molecule has 0 fully saturated rings. The number of benzene rings is 3. The normalized spacial score (nSPS) is 11.6. The Morgan fingerprint density at radius 3 is 2.39 bits per heavy atom. The Hall–Kier alpha value is -3.30. The summed E-state index contributed by atoms with van der Waals surface area (Å²) in [6, 6.07) is 16.3. The SMILES string of the molecule is Cc1c(N(Cc2ccc(F)c(CF)c2)S(=O)(=O)c2ccc(C(=O)O)cc2)sc2ccccc12. The average molecular weight is 488 g/mol. The minimum atomic E-state index is -4.13. The molecular weight excluding hydrogens is 468 g/mol. The lowest BCUT2D eigenvalue weighted by Crippen LogP contribution is -2.30. The number of thiophene rings is 1. The molecule has 0 aliphatic heterocycles. The number of alkyl halides is 1. The monoisotopic (exact) mass is 487 g/mol. The summed E-state index contributed by atoms with van der Waals surface area (Å²) in [4.78, 5) is 11.1. The van der Waals surface area contributed by atoms with Gasteiger partial charge in [-0.25, -0.2) is 22.0 Å². The molecule has 0 saturated heterocycles. The largest absolute Gasteiger partial charge is 0.478 e. The van der Waals surface area contributed by atoms with Gasteiger partial charge in [-0.1, -0.05) is 24.3 Å². The Labute approximate surface area is 193 Å². The van der Waals surface area contributed by atoms with Crippen molar-refractivity contribution < 1.29 is 27.1 Å². The summed E-state index contributed by atoms with van der Waals surface area (Å²) in [5.41, 5.74) is 0.995. The Balaban J connectivity index is 1.86. The molecule has 4 aromatic rings. The maximum atomic E-state index is 13.8. The second kappa shape index (κ2) is 8.92. The third-order valence-corrected chi connectivity index (χ3v) is 8.49. The van der Waals surface area contributed by atoms with Gasteiger partial charge in [-0.05, 0) is 65.9 Å². The third-order valence-electron chi connectivity index (χ3n) is 5.31. The zero-order valence-electron chi connectivity index (χ0n) is 17.5. The topological polar surface area (TPSA) is 74.7 Å². The number of halogens is 2. The first kappa shape index (κ1) is 22.9. The Morgan fingerprint density at radius 2 is 1.76 bits per heavy atom. The maximum Gasteiger partial charge on any atom is 0.335 e. The smallest absolute Gasteiger partial charge is 0.335 e. The molecule has 0 atom stereocenters. The van der Waals surface area contributed by atoms with E-state index < -0.39 is 28.5 Å². The van der Waals surface area contributed by atoms with Gasteiger partial charge in [0, 0.05) is 10.3 Å². The fourth-order valence-corrected chi connectivity index (χ4v) is 6.49. The van der Waals surface area contributed by atoms with Crippen LogP contribution in [0.3, 0.4) is 0 Å². The first-order valence-electron chi connectivity index (χ1n) is 9.90. The average Bonchev–Trinajstić information content (AvgIpc) is 3.14. The van der Waals surface area contributed by atoms with Crippen molar-refractivity contribution in [3.05, 3.63) is 94.8 Å². The number of sulfonamides is 1. The molecule has 0 aliphatic carbocycles. The first-order valence-corrected chi connectivity index (χ1v) is 12.2. The van der Waals surface area contributed by atoms with Gasteiger partial charge in [-0.3, -0.25) is 4.31 Å². The highest BCUT2D eigenvalue weighted by molar-refractivity contribution is 7.93. The molecule has 3 aromatic carbocycles. The van der Waals surface area contributed by atoms with Crippen LogP contribution >= 0.6 is 11.3 Å². The molecular formula is C24H19F2NO4S2. The summed E-state index contributed by atoms with van der Waals surface area (Å²) in [5, 5.41) is 10.5. The van der Waals surface area contributed by atoms with Crippen molar-refractivity contribution in [3.8, 4) is 0 Å². The van der Waals surface area contributed by atoms with Gasteiger partial charge in [0.2, 0.25) is 0 Å². The number of fused-ring (bicyclic) bond motifs is 1. The van der Waals surface area contributed by atoms with Gasteiger partial charge in [0.05, 0.1) is 17.0 Å². The van der Waals surface area contributed by atoms with E-state index in [1.807, 2.05) is 31.2 Å². The van der Waals surface area contributed by atoms with E-state index >= 15 is 0 Å². The third kappa shape index (κ3) is 4.34. The molecule has 0 saturated carbocycles. The zero-order chi connectivity index (χ0) is 23.8. The van der Waals surface area contributed by atoms with E-state index in [0.717, 1.165) is 21.7 Å². The number of aromatic carboxylic acids is 1. The molecule has 0 aliphatic rings. The van der Waals surface area contributed by atoms with Crippen molar-refractivity contribution in [3.63, 3.8) is 0 Å². The van der Waals surface area contributed by atoms with Crippen LogP contribution < -0.4 is 4.31 Å². The molecule has 0 unspecified atom stereocenters. The minimum absolute atomic E-state index is 0.0373. The molecule has 1 heterocycles.